The van der Waals surface area contributed by atoms with Crippen molar-refractivity contribution < 1.29 is 15.0 Å². The van der Waals surface area contributed by atoms with E-state index in [2.05, 4.69) is 20.8 Å². The second-order valence-corrected chi connectivity index (χ2v) is 5.32. The van der Waals surface area contributed by atoms with E-state index in [1.54, 1.807) is 4.90 Å². The van der Waals surface area contributed by atoms with Crippen LogP contribution < -0.4 is 0 Å². The first-order valence-electron chi connectivity index (χ1n) is 6.21. The van der Waals surface area contributed by atoms with Crippen LogP contribution in [-0.2, 0) is 0 Å². The van der Waals surface area contributed by atoms with E-state index in [4.69, 9.17) is 0 Å². The van der Waals surface area contributed by atoms with E-state index < -0.39 is 0 Å². The molecule has 2 rings (SSSR count). The molecule has 0 unspecified atom stereocenters. The predicted octanol–water partition coefficient (Wildman–Crippen LogP) is 1.25. The molecule has 1 aromatic carbocycles. The monoisotopic (exact) mass is 328 g/mol. The van der Waals surface area contributed by atoms with Gasteiger partial charge in [0.25, 0.3) is 5.91 Å². The highest BCUT2D eigenvalue weighted by molar-refractivity contribution is 9.09. The summed E-state index contributed by atoms with van der Waals surface area (Å²) in [5.74, 6) is -0.403. The molecule has 1 amide bonds. The molecule has 1 saturated heterocycles. The Kier molecular flexibility index (Phi) is 4.66. The molecular weight excluding hydrogens is 312 g/mol. The molecular formula is C13H17BrN2O3. The maximum Gasteiger partial charge on any atom is 0.257 e. The SMILES string of the molecule is O=C(c1ccc(O)cc1O)N1CCN(CCBr)CC1. The number of rotatable bonds is 3. The Morgan fingerprint density at radius 1 is 1.21 bits per heavy atom. The number of phenols is 2. The van der Waals surface area contributed by atoms with E-state index in [0.717, 1.165) is 25.0 Å². The number of hydrogen-bond acceptors (Lipinski definition) is 4. The van der Waals surface area contributed by atoms with E-state index in [0.29, 0.717) is 13.1 Å². The zero-order valence-electron chi connectivity index (χ0n) is 10.5. The number of halogens is 1. The van der Waals surface area contributed by atoms with E-state index in [1.165, 1.54) is 18.2 Å². The predicted molar refractivity (Wildman–Crippen MR) is 75.9 cm³/mol. The second kappa shape index (κ2) is 6.25. The van der Waals surface area contributed by atoms with Crippen molar-refractivity contribution in [2.75, 3.05) is 38.1 Å². The summed E-state index contributed by atoms with van der Waals surface area (Å²) in [6, 6.07) is 4.06. The van der Waals surface area contributed by atoms with Gasteiger partial charge in [-0.15, -0.1) is 0 Å². The van der Waals surface area contributed by atoms with Crippen LogP contribution in [0.25, 0.3) is 0 Å². The molecule has 0 aliphatic carbocycles. The Bertz CT molecular complexity index is 459. The van der Waals surface area contributed by atoms with Gasteiger partial charge in [-0.3, -0.25) is 9.69 Å². The molecule has 0 saturated carbocycles. The van der Waals surface area contributed by atoms with Crippen LogP contribution in [0.15, 0.2) is 18.2 Å². The Balaban J connectivity index is 2.01. The maximum absolute atomic E-state index is 12.3. The van der Waals surface area contributed by atoms with Crippen LogP contribution in [-0.4, -0.2) is 64.0 Å². The third kappa shape index (κ3) is 3.39. The fourth-order valence-electron chi connectivity index (χ4n) is 2.17. The zero-order valence-corrected chi connectivity index (χ0v) is 12.1. The standard InChI is InChI=1S/C13H17BrN2O3/c14-3-4-15-5-7-16(8-6-15)13(19)11-2-1-10(17)9-12(11)18/h1-2,9,17-18H,3-8H2. The van der Waals surface area contributed by atoms with Crippen LogP contribution in [0.5, 0.6) is 11.5 Å². The van der Waals surface area contributed by atoms with E-state index in [1.807, 2.05) is 0 Å². The molecule has 1 heterocycles. The summed E-state index contributed by atoms with van der Waals surface area (Å²) in [4.78, 5) is 16.3. The van der Waals surface area contributed by atoms with Crippen molar-refractivity contribution >= 4 is 21.8 Å². The molecule has 19 heavy (non-hydrogen) atoms. The highest BCUT2D eigenvalue weighted by Crippen LogP contribution is 2.24. The molecule has 0 atom stereocenters. The van der Waals surface area contributed by atoms with Crippen LogP contribution in [0.1, 0.15) is 10.4 Å². The lowest BCUT2D eigenvalue weighted by molar-refractivity contribution is 0.0642. The number of piperazine rings is 1. The molecule has 0 spiro atoms. The smallest absolute Gasteiger partial charge is 0.257 e. The number of hydrogen-bond donors (Lipinski definition) is 2. The number of carbonyl (C=O) groups excluding carboxylic acids is 1. The lowest BCUT2D eigenvalue weighted by Gasteiger charge is -2.34. The molecule has 2 N–H and O–H groups in total. The fourth-order valence-corrected chi connectivity index (χ4v) is 2.67. The highest BCUT2D eigenvalue weighted by atomic mass is 79.9. The zero-order chi connectivity index (χ0) is 13.8. The Hall–Kier alpha value is -1.27. The van der Waals surface area contributed by atoms with Crippen molar-refractivity contribution in [3.05, 3.63) is 23.8 Å². The van der Waals surface area contributed by atoms with E-state index in [9.17, 15) is 15.0 Å². The van der Waals surface area contributed by atoms with Gasteiger partial charge in [0.05, 0.1) is 5.56 Å². The molecule has 1 fully saturated rings. The molecule has 104 valence electrons. The van der Waals surface area contributed by atoms with Gasteiger partial charge in [-0.1, -0.05) is 15.9 Å². The molecule has 1 aliphatic heterocycles. The quantitative estimate of drug-likeness (QED) is 0.820. The normalized spacial score (nSPS) is 16.6. The number of aromatic hydroxyl groups is 2. The molecule has 0 bridgehead atoms. The minimum atomic E-state index is -0.184. The lowest BCUT2D eigenvalue weighted by atomic mass is 10.1. The van der Waals surface area contributed by atoms with Crippen LogP contribution >= 0.6 is 15.9 Å². The van der Waals surface area contributed by atoms with Crippen LogP contribution in [0.2, 0.25) is 0 Å². The largest absolute Gasteiger partial charge is 0.508 e. The average Bonchev–Trinajstić information content (AvgIpc) is 2.39. The molecule has 5 nitrogen and oxygen atoms in total. The first-order valence-corrected chi connectivity index (χ1v) is 7.33. The summed E-state index contributed by atoms with van der Waals surface area (Å²) in [6.45, 7) is 3.98. The third-order valence-corrected chi connectivity index (χ3v) is 3.63. The topological polar surface area (TPSA) is 64.0 Å². The summed E-state index contributed by atoms with van der Waals surface area (Å²) in [7, 11) is 0. The Morgan fingerprint density at radius 2 is 1.89 bits per heavy atom. The van der Waals surface area contributed by atoms with E-state index in [-0.39, 0.29) is 23.0 Å². The van der Waals surface area contributed by atoms with Crippen LogP contribution in [0.3, 0.4) is 0 Å². The molecule has 1 aliphatic rings. The first kappa shape index (κ1) is 14.1. The van der Waals surface area contributed by atoms with Crippen molar-refractivity contribution in [1.82, 2.24) is 9.80 Å². The number of benzene rings is 1. The minimum Gasteiger partial charge on any atom is -0.508 e. The van der Waals surface area contributed by atoms with Gasteiger partial charge in [-0.05, 0) is 12.1 Å². The molecule has 0 radical (unpaired) electrons. The van der Waals surface area contributed by atoms with Gasteiger partial charge in [-0.2, -0.15) is 0 Å². The molecule has 6 heteroatoms. The summed E-state index contributed by atoms with van der Waals surface area (Å²) in [5, 5.41) is 19.9. The van der Waals surface area contributed by atoms with Gasteiger partial charge >= 0.3 is 0 Å². The van der Waals surface area contributed by atoms with Gasteiger partial charge in [-0.25, -0.2) is 0 Å². The van der Waals surface area contributed by atoms with Gasteiger partial charge in [0, 0.05) is 44.1 Å². The number of nitrogens with zero attached hydrogens (tertiary/aromatic N) is 2. The van der Waals surface area contributed by atoms with Crippen molar-refractivity contribution in [2.45, 2.75) is 0 Å². The molecule has 1 aromatic rings. The van der Waals surface area contributed by atoms with Gasteiger partial charge in [0.2, 0.25) is 0 Å². The Morgan fingerprint density at radius 3 is 2.47 bits per heavy atom. The number of amides is 1. The number of alkyl halides is 1. The average molecular weight is 329 g/mol. The summed E-state index contributed by atoms with van der Waals surface area (Å²) >= 11 is 3.40. The fraction of sp³-hybridized carbons (Fsp3) is 0.462. The van der Waals surface area contributed by atoms with Crippen molar-refractivity contribution in [3.63, 3.8) is 0 Å². The van der Waals surface area contributed by atoms with Gasteiger partial charge in [0.1, 0.15) is 11.5 Å². The van der Waals surface area contributed by atoms with E-state index >= 15 is 0 Å². The summed E-state index contributed by atoms with van der Waals surface area (Å²) < 4.78 is 0. The minimum absolute atomic E-state index is 0.0452. The number of phenolic OH excluding ortho intramolecular Hbond substituents is 2. The van der Waals surface area contributed by atoms with Crippen LogP contribution in [0.4, 0.5) is 0 Å². The van der Waals surface area contributed by atoms with Crippen LogP contribution in [0, 0.1) is 0 Å². The van der Waals surface area contributed by atoms with Crippen molar-refractivity contribution in [1.29, 1.82) is 0 Å². The van der Waals surface area contributed by atoms with Crippen molar-refractivity contribution in [3.8, 4) is 11.5 Å². The first-order chi connectivity index (χ1) is 9.11. The van der Waals surface area contributed by atoms with Crippen molar-refractivity contribution in [2.24, 2.45) is 0 Å². The summed E-state index contributed by atoms with van der Waals surface area (Å²) in [6.07, 6.45) is 0. The van der Waals surface area contributed by atoms with Gasteiger partial charge in [0.15, 0.2) is 0 Å². The molecule has 0 aromatic heterocycles. The maximum atomic E-state index is 12.3. The Labute approximate surface area is 120 Å². The number of carbonyl (C=O) groups is 1. The second-order valence-electron chi connectivity index (χ2n) is 4.52. The highest BCUT2D eigenvalue weighted by Gasteiger charge is 2.23. The third-order valence-electron chi connectivity index (χ3n) is 3.27. The summed E-state index contributed by atoms with van der Waals surface area (Å²) in [5.41, 5.74) is 0.242. The van der Waals surface area contributed by atoms with Gasteiger partial charge < -0.3 is 15.1 Å². The lowest BCUT2D eigenvalue weighted by Crippen LogP contribution is -2.49.